The van der Waals surface area contributed by atoms with Crippen LogP contribution in [0.5, 0.6) is 0 Å². The van der Waals surface area contributed by atoms with Gasteiger partial charge in [-0.05, 0) is 36.4 Å². The molecule has 0 saturated carbocycles. The van der Waals surface area contributed by atoms with E-state index in [-0.39, 0.29) is 33.9 Å². The molecule has 1 saturated heterocycles. The highest BCUT2D eigenvalue weighted by Crippen LogP contribution is 2.40. The number of aliphatic hydroxyl groups excluding tert-OH is 1. The third kappa shape index (κ3) is 5.58. The van der Waals surface area contributed by atoms with Gasteiger partial charge in [0.15, 0.2) is 23.4 Å². The lowest BCUT2D eigenvalue weighted by atomic mass is 9.94. The normalized spacial score (nSPS) is 16.0. The minimum Gasteiger partial charge on any atom is -0.382 e. The summed E-state index contributed by atoms with van der Waals surface area (Å²) in [6, 6.07) is 11.9. The molecular weight excluding hydrogens is 619 g/mol. The van der Waals surface area contributed by atoms with Crippen LogP contribution in [0.3, 0.4) is 0 Å². The molecule has 224 valence electrons. The first kappa shape index (κ1) is 29.9. The van der Waals surface area contributed by atoms with Crippen molar-refractivity contribution >= 4 is 29.2 Å². The second kappa shape index (κ2) is 10.6. The quantitative estimate of drug-likeness (QED) is 0.297. The van der Waals surface area contributed by atoms with Gasteiger partial charge in [-0.3, -0.25) is 4.57 Å². The fourth-order valence-corrected chi connectivity index (χ4v) is 4.58. The number of aliphatic hydroxyl groups is 2. The van der Waals surface area contributed by atoms with E-state index in [1.54, 1.807) is 12.1 Å². The lowest BCUT2D eigenvalue weighted by molar-refractivity contribution is -0.267. The lowest BCUT2D eigenvalue weighted by Crippen LogP contribution is -2.69. The number of hydrogen-bond acceptors (Lipinski definition) is 7. The van der Waals surface area contributed by atoms with Crippen LogP contribution >= 0.6 is 23.2 Å². The minimum atomic E-state index is -5.03. The molecule has 18 heteroatoms. The van der Waals surface area contributed by atoms with Crippen LogP contribution < -0.4 is 10.6 Å². The molecule has 1 atom stereocenters. The Balaban J connectivity index is 1.55. The largest absolute Gasteiger partial charge is 0.420 e. The van der Waals surface area contributed by atoms with Crippen molar-refractivity contribution in [3.63, 3.8) is 0 Å². The van der Waals surface area contributed by atoms with E-state index in [9.17, 15) is 41.4 Å². The van der Waals surface area contributed by atoms with E-state index >= 15 is 0 Å². The van der Waals surface area contributed by atoms with Gasteiger partial charge in [0.25, 0.3) is 0 Å². The number of benzene rings is 2. The smallest absolute Gasteiger partial charge is 0.382 e. The zero-order chi connectivity index (χ0) is 30.6. The predicted molar refractivity (Wildman–Crippen MR) is 138 cm³/mol. The Hall–Kier alpha value is -3.60. The molecule has 4 aromatic rings. The molecule has 10 nitrogen and oxygen atoms in total. The molecule has 0 spiro atoms. The predicted octanol–water partition coefficient (Wildman–Crippen LogP) is 3.68. The Bertz CT molecular complexity index is 1660. The summed E-state index contributed by atoms with van der Waals surface area (Å²) in [7, 11) is 0. The molecule has 0 unspecified atom stereocenters. The monoisotopic (exact) mass is 637 g/mol. The summed E-state index contributed by atoms with van der Waals surface area (Å²) in [5.41, 5.74) is -3.59. The van der Waals surface area contributed by atoms with Crippen molar-refractivity contribution in [2.24, 2.45) is 0 Å². The molecule has 0 aliphatic carbocycles. The molecule has 5 rings (SSSR count). The van der Waals surface area contributed by atoms with Crippen LogP contribution in [-0.2, 0) is 13.1 Å². The van der Waals surface area contributed by atoms with Gasteiger partial charge in [-0.25, -0.2) is 9.48 Å². The summed E-state index contributed by atoms with van der Waals surface area (Å²) >= 11 is 12.2. The molecule has 2 aromatic carbocycles. The summed E-state index contributed by atoms with van der Waals surface area (Å²) in [5, 5.41) is 28.5. The van der Waals surface area contributed by atoms with Gasteiger partial charge in [0, 0.05) is 10.6 Å². The summed E-state index contributed by atoms with van der Waals surface area (Å²) in [5.74, 6) is -0.508. The van der Waals surface area contributed by atoms with E-state index in [0.717, 1.165) is 14.3 Å². The average Bonchev–Trinajstić information content (AvgIpc) is 3.43. The molecular formula is C24H19Cl2F6N7O3. The van der Waals surface area contributed by atoms with Gasteiger partial charge in [0.2, 0.25) is 5.95 Å². The van der Waals surface area contributed by atoms with Gasteiger partial charge >= 0.3 is 18.0 Å². The summed E-state index contributed by atoms with van der Waals surface area (Å²) in [4.78, 5) is 18.6. The zero-order valence-corrected chi connectivity index (χ0v) is 22.5. The van der Waals surface area contributed by atoms with Gasteiger partial charge < -0.3 is 15.1 Å². The maximum Gasteiger partial charge on any atom is 0.420 e. The zero-order valence-electron chi connectivity index (χ0n) is 21.0. The van der Waals surface area contributed by atoms with Gasteiger partial charge in [-0.15, -0.1) is 10.2 Å². The number of hydrogen-bond donors (Lipinski definition) is 2. The number of nitrogens with zero attached hydrogens (tertiary/aromatic N) is 7. The number of halogens is 8. The highest BCUT2D eigenvalue weighted by molar-refractivity contribution is 6.32. The maximum atomic E-state index is 13.3. The average molecular weight is 638 g/mol. The number of β-amino-alcohol motifs (C(OH)–C–C–N with tert-alkyl or cyclic N) is 1. The summed E-state index contributed by atoms with van der Waals surface area (Å²) in [6.45, 7) is -3.40. The van der Waals surface area contributed by atoms with E-state index in [1.807, 2.05) is 0 Å². The first-order valence-corrected chi connectivity index (χ1v) is 12.8. The fraction of sp³-hybridized carbons (Fsp3) is 0.333. The molecule has 1 aliphatic rings. The van der Waals surface area contributed by atoms with Crippen molar-refractivity contribution in [1.29, 1.82) is 0 Å². The summed E-state index contributed by atoms with van der Waals surface area (Å²) in [6.07, 6.45) is -12.8. The molecule has 0 bridgehead atoms. The standard InChI is InChI=1S/C24H19Cl2F6N7O3/c25-14-7-5-13(6-8-14)19-35-38(21(41)37(19)9-17(40)23(27,28)29)10-18-33-20(36-11-22(42,12-36)24(30,31)32)39(34-18)16-4-2-1-3-15(16)26/h1-8,17,40,42H,9-12H2/t17-/m0/s1. The Kier molecular flexibility index (Phi) is 7.53. The van der Waals surface area contributed by atoms with E-state index in [2.05, 4.69) is 15.2 Å². The highest BCUT2D eigenvalue weighted by atomic mass is 35.5. The van der Waals surface area contributed by atoms with Crippen molar-refractivity contribution < 1.29 is 36.6 Å². The molecule has 2 N–H and O–H groups in total. The van der Waals surface area contributed by atoms with Gasteiger partial charge in [-0.1, -0.05) is 35.3 Å². The SMILES string of the molecule is O=c1n(Cc2nc(N3CC(O)(C(F)(F)F)C3)n(-c3ccccc3Cl)n2)nc(-c2ccc(Cl)cc2)n1C[C@H](O)C(F)(F)F. The Morgan fingerprint density at radius 1 is 0.976 bits per heavy atom. The van der Waals surface area contributed by atoms with Gasteiger partial charge in [0.1, 0.15) is 6.54 Å². The first-order valence-electron chi connectivity index (χ1n) is 12.0. The topological polar surface area (TPSA) is 114 Å². The van der Waals surface area contributed by atoms with Crippen molar-refractivity contribution in [3.05, 3.63) is 74.9 Å². The van der Waals surface area contributed by atoms with Gasteiger partial charge in [-0.2, -0.15) is 36.0 Å². The van der Waals surface area contributed by atoms with Crippen molar-refractivity contribution in [3.8, 4) is 17.1 Å². The highest BCUT2D eigenvalue weighted by Gasteiger charge is 2.62. The van der Waals surface area contributed by atoms with E-state index in [0.29, 0.717) is 9.59 Å². The fourth-order valence-electron chi connectivity index (χ4n) is 4.24. The third-order valence-corrected chi connectivity index (χ3v) is 7.05. The second-order valence-electron chi connectivity index (χ2n) is 9.52. The Labute approximate surface area is 241 Å². The first-order chi connectivity index (χ1) is 19.6. The number of aromatic nitrogens is 6. The van der Waals surface area contributed by atoms with Gasteiger partial charge in [0.05, 0.1) is 30.3 Å². The molecule has 3 heterocycles. The Morgan fingerprint density at radius 2 is 1.62 bits per heavy atom. The third-order valence-electron chi connectivity index (χ3n) is 6.48. The minimum absolute atomic E-state index is 0.134. The number of para-hydroxylation sites is 1. The Morgan fingerprint density at radius 3 is 2.21 bits per heavy atom. The van der Waals surface area contributed by atoms with E-state index < -0.39 is 55.9 Å². The van der Waals surface area contributed by atoms with Crippen LogP contribution in [0.4, 0.5) is 32.3 Å². The van der Waals surface area contributed by atoms with Crippen LogP contribution in [0, 0.1) is 0 Å². The number of rotatable bonds is 7. The van der Waals surface area contributed by atoms with Crippen molar-refractivity contribution in [2.45, 2.75) is 37.1 Å². The maximum absolute atomic E-state index is 13.3. The second-order valence-corrected chi connectivity index (χ2v) is 10.4. The number of alkyl halides is 6. The van der Waals surface area contributed by atoms with E-state index in [4.69, 9.17) is 23.2 Å². The molecule has 0 amide bonds. The van der Waals surface area contributed by atoms with Crippen molar-refractivity contribution in [1.82, 2.24) is 29.1 Å². The summed E-state index contributed by atoms with van der Waals surface area (Å²) < 4.78 is 81.8. The van der Waals surface area contributed by atoms with Crippen LogP contribution in [0.2, 0.25) is 10.0 Å². The van der Waals surface area contributed by atoms with Crippen LogP contribution in [0.15, 0.2) is 53.3 Å². The number of anilines is 1. The van der Waals surface area contributed by atoms with Crippen LogP contribution in [-0.4, -0.2) is 76.5 Å². The molecule has 42 heavy (non-hydrogen) atoms. The van der Waals surface area contributed by atoms with Crippen LogP contribution in [0.1, 0.15) is 5.82 Å². The van der Waals surface area contributed by atoms with Crippen LogP contribution in [0.25, 0.3) is 17.1 Å². The lowest BCUT2D eigenvalue weighted by Gasteiger charge is -2.47. The van der Waals surface area contributed by atoms with E-state index in [1.165, 1.54) is 36.4 Å². The van der Waals surface area contributed by atoms with Crippen molar-refractivity contribution in [2.75, 3.05) is 18.0 Å². The molecule has 2 aromatic heterocycles. The molecule has 1 fully saturated rings. The molecule has 0 radical (unpaired) electrons. The molecule has 1 aliphatic heterocycles.